The van der Waals surface area contributed by atoms with Crippen LogP contribution in [0.25, 0.3) is 0 Å². The number of anilines is 2. The number of fused-ring (bicyclic) bond motifs is 1. The van der Waals surface area contributed by atoms with Crippen LogP contribution in [0.3, 0.4) is 0 Å². The Kier molecular flexibility index (Phi) is 4.41. The lowest BCUT2D eigenvalue weighted by molar-refractivity contribution is -0.121. The van der Waals surface area contributed by atoms with Crippen LogP contribution in [0.15, 0.2) is 30.7 Å². The maximum atomic E-state index is 13.4. The lowest BCUT2D eigenvalue weighted by atomic mass is 9.85. The molecule has 3 aromatic rings. The minimum Gasteiger partial charge on any atom is -0.351 e. The van der Waals surface area contributed by atoms with Crippen molar-refractivity contribution in [1.29, 1.82) is 0 Å². The van der Waals surface area contributed by atoms with Gasteiger partial charge in [-0.05, 0) is 39.3 Å². The summed E-state index contributed by atoms with van der Waals surface area (Å²) in [6.45, 7) is 8.00. The summed E-state index contributed by atoms with van der Waals surface area (Å²) in [7, 11) is 1.88. The summed E-state index contributed by atoms with van der Waals surface area (Å²) in [5, 5.41) is 15.3. The van der Waals surface area contributed by atoms with Gasteiger partial charge in [-0.25, -0.2) is 4.68 Å². The second kappa shape index (κ2) is 6.78. The van der Waals surface area contributed by atoms with E-state index in [4.69, 9.17) is 0 Å². The van der Waals surface area contributed by atoms with Gasteiger partial charge in [-0.15, -0.1) is 0 Å². The summed E-state index contributed by atoms with van der Waals surface area (Å²) in [5.74, 6) is 0.232. The van der Waals surface area contributed by atoms with Gasteiger partial charge in [-0.2, -0.15) is 15.2 Å². The van der Waals surface area contributed by atoms with Crippen LogP contribution in [0, 0.1) is 26.7 Å². The molecule has 0 unspecified atom stereocenters. The van der Waals surface area contributed by atoms with Gasteiger partial charge in [0.15, 0.2) is 0 Å². The van der Waals surface area contributed by atoms with Gasteiger partial charge in [0, 0.05) is 30.5 Å². The van der Waals surface area contributed by atoms with E-state index >= 15 is 0 Å². The van der Waals surface area contributed by atoms with E-state index in [0.717, 1.165) is 22.5 Å². The first kappa shape index (κ1) is 18.2. The quantitative estimate of drug-likeness (QED) is 0.730. The normalized spacial score (nSPS) is 21.1. The number of hydrogen-bond donors (Lipinski definition) is 2. The minimum absolute atomic E-state index is 0.0543. The Labute approximate surface area is 164 Å². The Hall–Kier alpha value is -3.16. The molecule has 0 fully saturated rings. The maximum absolute atomic E-state index is 13.4. The van der Waals surface area contributed by atoms with Gasteiger partial charge in [0.05, 0.1) is 17.7 Å². The number of benzene rings is 1. The molecule has 4 rings (SSSR count). The van der Waals surface area contributed by atoms with Gasteiger partial charge in [0.25, 0.3) is 0 Å². The third-order valence-electron chi connectivity index (χ3n) is 5.38. The zero-order chi connectivity index (χ0) is 20.0. The van der Waals surface area contributed by atoms with Crippen molar-refractivity contribution < 1.29 is 4.79 Å². The second-order valence-electron chi connectivity index (χ2n) is 7.58. The zero-order valence-electron chi connectivity index (χ0n) is 16.8. The monoisotopic (exact) mass is 379 g/mol. The molecule has 28 heavy (non-hydrogen) atoms. The topological polar surface area (TPSA) is 89.7 Å². The number of aryl methyl sites for hydroxylation is 4. The highest BCUT2D eigenvalue weighted by Crippen LogP contribution is 2.37. The van der Waals surface area contributed by atoms with Crippen molar-refractivity contribution in [2.45, 2.75) is 39.8 Å². The second-order valence-corrected chi connectivity index (χ2v) is 7.58. The van der Waals surface area contributed by atoms with Crippen LogP contribution in [0.4, 0.5) is 11.6 Å². The van der Waals surface area contributed by atoms with Gasteiger partial charge in [-0.3, -0.25) is 9.48 Å². The number of rotatable bonds is 3. The van der Waals surface area contributed by atoms with Crippen molar-refractivity contribution in [2.24, 2.45) is 13.0 Å². The minimum atomic E-state index is -0.377. The van der Waals surface area contributed by atoms with Crippen molar-refractivity contribution in [3.63, 3.8) is 0 Å². The van der Waals surface area contributed by atoms with Crippen LogP contribution in [-0.2, 0) is 11.8 Å². The van der Waals surface area contributed by atoms with Crippen LogP contribution in [0.5, 0.6) is 0 Å². The predicted molar refractivity (Wildman–Crippen MR) is 107 cm³/mol. The molecule has 146 valence electrons. The number of carbonyl (C=O) groups excluding carboxylic acids is 1. The average molecular weight is 379 g/mol. The molecular formula is C20H25N7O. The fraction of sp³-hybridized carbons (Fsp3) is 0.400. The van der Waals surface area contributed by atoms with Gasteiger partial charge >= 0.3 is 0 Å². The summed E-state index contributed by atoms with van der Waals surface area (Å²) in [6.07, 6.45) is 3.47. The molecule has 1 amide bonds. The van der Waals surface area contributed by atoms with Gasteiger partial charge < -0.3 is 10.6 Å². The molecule has 0 bridgehead atoms. The molecule has 3 atom stereocenters. The Morgan fingerprint density at radius 3 is 2.71 bits per heavy atom. The molecule has 0 saturated heterocycles. The Bertz CT molecular complexity index is 1040. The smallest absolute Gasteiger partial charge is 0.232 e. The number of aromatic nitrogens is 5. The standard InChI is InChI=1S/C20H25N7O/c1-11-6-7-16(12(2)8-11)24-19(28)17-14(4)23-20-21-10-22-27(20)18(17)15-9-26(5)25-13(15)3/h6-10,14,17-18H,1-5H3,(H,24,28)(H,21,22,23)/t14-,17+,18-/m1/s1. The number of carbonyl (C=O) groups is 1. The number of hydrogen-bond acceptors (Lipinski definition) is 5. The van der Waals surface area contributed by atoms with Gasteiger partial charge in [0.1, 0.15) is 6.33 Å². The van der Waals surface area contributed by atoms with Crippen molar-refractivity contribution in [3.8, 4) is 0 Å². The fourth-order valence-corrected chi connectivity index (χ4v) is 4.05. The summed E-state index contributed by atoms with van der Waals surface area (Å²) in [6, 6.07) is 5.62. The fourth-order valence-electron chi connectivity index (χ4n) is 4.05. The largest absolute Gasteiger partial charge is 0.351 e. The van der Waals surface area contributed by atoms with Crippen LogP contribution < -0.4 is 10.6 Å². The third-order valence-corrected chi connectivity index (χ3v) is 5.38. The van der Waals surface area contributed by atoms with Crippen LogP contribution in [-0.4, -0.2) is 36.5 Å². The van der Waals surface area contributed by atoms with E-state index in [9.17, 15) is 4.79 Å². The van der Waals surface area contributed by atoms with E-state index in [2.05, 4.69) is 31.9 Å². The molecule has 0 saturated carbocycles. The Balaban J connectivity index is 1.74. The summed E-state index contributed by atoms with van der Waals surface area (Å²) < 4.78 is 3.56. The van der Waals surface area contributed by atoms with E-state index in [-0.39, 0.29) is 23.9 Å². The predicted octanol–water partition coefficient (Wildman–Crippen LogP) is 2.60. The van der Waals surface area contributed by atoms with Gasteiger partial charge in [0.2, 0.25) is 11.9 Å². The van der Waals surface area contributed by atoms with Gasteiger partial charge in [-0.1, -0.05) is 17.7 Å². The van der Waals surface area contributed by atoms with E-state index in [1.165, 1.54) is 11.9 Å². The molecule has 8 heteroatoms. The highest BCUT2D eigenvalue weighted by molar-refractivity contribution is 5.94. The first-order valence-corrected chi connectivity index (χ1v) is 9.39. The molecule has 1 aromatic carbocycles. The van der Waals surface area contributed by atoms with Crippen molar-refractivity contribution in [1.82, 2.24) is 24.5 Å². The number of amides is 1. The van der Waals surface area contributed by atoms with E-state index in [1.54, 1.807) is 9.36 Å². The van der Waals surface area contributed by atoms with E-state index < -0.39 is 0 Å². The highest BCUT2D eigenvalue weighted by Gasteiger charge is 2.42. The summed E-state index contributed by atoms with van der Waals surface area (Å²) in [4.78, 5) is 17.7. The molecule has 2 aromatic heterocycles. The molecule has 0 radical (unpaired) electrons. The molecule has 0 aliphatic carbocycles. The van der Waals surface area contributed by atoms with Crippen LogP contribution >= 0.6 is 0 Å². The van der Waals surface area contributed by atoms with Crippen LogP contribution in [0.2, 0.25) is 0 Å². The Morgan fingerprint density at radius 2 is 2.04 bits per heavy atom. The number of nitrogens with zero attached hydrogens (tertiary/aromatic N) is 5. The zero-order valence-corrected chi connectivity index (χ0v) is 16.8. The third kappa shape index (κ3) is 3.04. The first-order valence-electron chi connectivity index (χ1n) is 9.39. The molecule has 1 aliphatic heterocycles. The summed E-state index contributed by atoms with van der Waals surface area (Å²) in [5.41, 5.74) is 4.89. The molecule has 2 N–H and O–H groups in total. The molecule has 1 aliphatic rings. The lowest BCUT2D eigenvalue weighted by Crippen LogP contribution is -2.46. The lowest BCUT2D eigenvalue weighted by Gasteiger charge is -2.36. The highest BCUT2D eigenvalue weighted by atomic mass is 16.2. The van der Waals surface area contributed by atoms with E-state index in [0.29, 0.717) is 5.95 Å². The molecular weight excluding hydrogens is 354 g/mol. The van der Waals surface area contributed by atoms with E-state index in [1.807, 2.05) is 53.1 Å². The first-order chi connectivity index (χ1) is 13.3. The molecule has 3 heterocycles. The number of nitrogens with one attached hydrogen (secondary N) is 2. The van der Waals surface area contributed by atoms with Crippen LogP contribution in [0.1, 0.15) is 35.3 Å². The Morgan fingerprint density at radius 1 is 1.25 bits per heavy atom. The SMILES string of the molecule is Cc1ccc(NC(=O)[C@@H]2[C@@H](c3cn(C)nc3C)n3ncnc3N[C@@H]2C)c(C)c1. The molecule has 0 spiro atoms. The average Bonchev–Trinajstić information content (AvgIpc) is 3.21. The van der Waals surface area contributed by atoms with Crippen molar-refractivity contribution in [2.75, 3.05) is 10.6 Å². The van der Waals surface area contributed by atoms with Crippen molar-refractivity contribution >= 4 is 17.5 Å². The summed E-state index contributed by atoms with van der Waals surface area (Å²) >= 11 is 0. The maximum Gasteiger partial charge on any atom is 0.232 e. The molecule has 8 nitrogen and oxygen atoms in total. The van der Waals surface area contributed by atoms with Crippen molar-refractivity contribution in [3.05, 3.63) is 53.1 Å².